The summed E-state index contributed by atoms with van der Waals surface area (Å²) < 4.78 is 0. The predicted molar refractivity (Wildman–Crippen MR) is 96.2 cm³/mol. The topological polar surface area (TPSA) is 57.6 Å². The molecule has 2 aromatic rings. The van der Waals surface area contributed by atoms with E-state index in [0.29, 0.717) is 0 Å². The maximum absolute atomic E-state index is 12.4. The monoisotopic (exact) mass is 325 g/mol. The van der Waals surface area contributed by atoms with Gasteiger partial charge in [-0.15, -0.1) is 0 Å². The molecule has 0 bridgehead atoms. The fourth-order valence-electron chi connectivity index (χ4n) is 2.76. The van der Waals surface area contributed by atoms with E-state index in [1.807, 2.05) is 63.2 Å². The van der Waals surface area contributed by atoms with Crippen LogP contribution in [0.5, 0.6) is 0 Å². The Balaban J connectivity index is 2.60. The predicted octanol–water partition coefficient (Wildman–Crippen LogP) is 3.91. The van der Waals surface area contributed by atoms with Crippen LogP contribution in [0, 0.1) is 12.8 Å². The highest BCUT2D eigenvalue weighted by atomic mass is 16.4. The van der Waals surface area contributed by atoms with Crippen molar-refractivity contribution in [1.82, 2.24) is 0 Å². The zero-order valence-corrected chi connectivity index (χ0v) is 14.5. The van der Waals surface area contributed by atoms with E-state index in [1.54, 1.807) is 11.9 Å². The average Bonchev–Trinajstić information content (AvgIpc) is 2.55. The van der Waals surface area contributed by atoms with E-state index in [1.165, 1.54) is 0 Å². The summed E-state index contributed by atoms with van der Waals surface area (Å²) in [6.45, 7) is 5.58. The maximum Gasteiger partial charge on any atom is 0.307 e. The third-order valence-electron chi connectivity index (χ3n) is 4.12. The number of carbonyl (C=O) groups is 2. The van der Waals surface area contributed by atoms with E-state index in [2.05, 4.69) is 0 Å². The van der Waals surface area contributed by atoms with Gasteiger partial charge in [-0.05, 0) is 35.2 Å². The standard InChI is InChI=1S/C20H23NO3/c1-13(2)20(24)21(4)18-11-17(15-8-6-5-7-9-15)10-16(14(18)3)12-19(22)23/h5-11,13H,12H2,1-4H3,(H,22,23). The van der Waals surface area contributed by atoms with Crippen molar-refractivity contribution in [3.05, 3.63) is 53.6 Å². The van der Waals surface area contributed by atoms with Crippen LogP contribution in [0.1, 0.15) is 25.0 Å². The minimum absolute atomic E-state index is 0.00425. The summed E-state index contributed by atoms with van der Waals surface area (Å²) in [4.78, 5) is 25.2. The van der Waals surface area contributed by atoms with E-state index in [0.717, 1.165) is 27.9 Å². The molecule has 0 atom stereocenters. The summed E-state index contributed by atoms with van der Waals surface area (Å²) in [7, 11) is 1.74. The number of anilines is 1. The molecule has 0 aliphatic rings. The number of rotatable bonds is 5. The molecule has 0 aliphatic carbocycles. The molecule has 0 fully saturated rings. The first-order chi connectivity index (χ1) is 11.3. The Labute approximate surface area is 142 Å². The van der Waals surface area contributed by atoms with Crippen molar-refractivity contribution in [2.75, 3.05) is 11.9 Å². The van der Waals surface area contributed by atoms with Gasteiger partial charge in [0.1, 0.15) is 0 Å². The Morgan fingerprint density at radius 3 is 2.25 bits per heavy atom. The van der Waals surface area contributed by atoms with Crippen LogP contribution in [0.2, 0.25) is 0 Å². The van der Waals surface area contributed by atoms with E-state index in [9.17, 15) is 14.7 Å². The van der Waals surface area contributed by atoms with Gasteiger partial charge in [0, 0.05) is 18.7 Å². The fourth-order valence-corrected chi connectivity index (χ4v) is 2.76. The van der Waals surface area contributed by atoms with Crippen molar-refractivity contribution in [3.63, 3.8) is 0 Å². The molecule has 0 unspecified atom stereocenters. The number of benzene rings is 2. The molecule has 1 N–H and O–H groups in total. The number of carbonyl (C=O) groups excluding carboxylic acids is 1. The quantitative estimate of drug-likeness (QED) is 0.907. The van der Waals surface area contributed by atoms with Crippen molar-refractivity contribution in [2.24, 2.45) is 5.92 Å². The van der Waals surface area contributed by atoms with Crippen LogP contribution in [0.15, 0.2) is 42.5 Å². The summed E-state index contributed by atoms with van der Waals surface area (Å²) in [5, 5.41) is 9.20. The van der Waals surface area contributed by atoms with Crippen molar-refractivity contribution in [2.45, 2.75) is 27.2 Å². The second-order valence-electron chi connectivity index (χ2n) is 6.27. The minimum Gasteiger partial charge on any atom is -0.481 e. The van der Waals surface area contributed by atoms with Crippen molar-refractivity contribution < 1.29 is 14.7 Å². The highest BCUT2D eigenvalue weighted by Crippen LogP contribution is 2.31. The lowest BCUT2D eigenvalue weighted by Crippen LogP contribution is -2.31. The first-order valence-corrected chi connectivity index (χ1v) is 7.99. The second-order valence-corrected chi connectivity index (χ2v) is 6.27. The van der Waals surface area contributed by atoms with Crippen LogP contribution in [-0.4, -0.2) is 24.0 Å². The smallest absolute Gasteiger partial charge is 0.307 e. The molecular weight excluding hydrogens is 302 g/mol. The van der Waals surface area contributed by atoms with Gasteiger partial charge in [-0.3, -0.25) is 9.59 Å². The Kier molecular flexibility index (Phi) is 5.39. The third kappa shape index (κ3) is 3.82. The Morgan fingerprint density at radius 2 is 1.71 bits per heavy atom. The fraction of sp³-hybridized carbons (Fsp3) is 0.300. The van der Waals surface area contributed by atoms with Crippen LogP contribution in [0.3, 0.4) is 0 Å². The second kappa shape index (κ2) is 7.30. The average molecular weight is 325 g/mol. The Hall–Kier alpha value is -2.62. The molecular formula is C20H23NO3. The molecule has 0 aromatic heterocycles. The van der Waals surface area contributed by atoms with Crippen molar-refractivity contribution in [1.29, 1.82) is 0 Å². The molecule has 4 heteroatoms. The number of carboxylic acids is 1. The highest BCUT2D eigenvalue weighted by Gasteiger charge is 2.19. The molecule has 2 aromatic carbocycles. The van der Waals surface area contributed by atoms with Gasteiger partial charge in [0.05, 0.1) is 6.42 Å². The van der Waals surface area contributed by atoms with Gasteiger partial charge in [-0.25, -0.2) is 0 Å². The van der Waals surface area contributed by atoms with E-state index in [4.69, 9.17) is 0 Å². The molecule has 0 saturated carbocycles. The van der Waals surface area contributed by atoms with Crippen LogP contribution in [-0.2, 0) is 16.0 Å². The van der Waals surface area contributed by atoms with Gasteiger partial charge >= 0.3 is 5.97 Å². The largest absolute Gasteiger partial charge is 0.481 e. The molecule has 0 saturated heterocycles. The number of carboxylic acid groups (broad SMARTS) is 1. The van der Waals surface area contributed by atoms with Gasteiger partial charge in [-0.1, -0.05) is 50.2 Å². The summed E-state index contributed by atoms with van der Waals surface area (Å²) in [6, 6.07) is 13.6. The minimum atomic E-state index is -0.882. The van der Waals surface area contributed by atoms with Gasteiger partial charge in [0.25, 0.3) is 0 Å². The van der Waals surface area contributed by atoms with Gasteiger partial charge in [0.2, 0.25) is 5.91 Å². The molecule has 0 spiro atoms. The van der Waals surface area contributed by atoms with E-state index >= 15 is 0 Å². The third-order valence-corrected chi connectivity index (χ3v) is 4.12. The summed E-state index contributed by atoms with van der Waals surface area (Å²) in [6.07, 6.45) is -0.0663. The molecule has 24 heavy (non-hydrogen) atoms. The van der Waals surface area contributed by atoms with Crippen LogP contribution < -0.4 is 4.90 Å². The normalized spacial score (nSPS) is 10.7. The van der Waals surface area contributed by atoms with E-state index < -0.39 is 5.97 Å². The van der Waals surface area contributed by atoms with Crippen LogP contribution in [0.4, 0.5) is 5.69 Å². The number of aliphatic carboxylic acids is 1. The highest BCUT2D eigenvalue weighted by molar-refractivity contribution is 5.96. The Morgan fingerprint density at radius 1 is 1.08 bits per heavy atom. The molecule has 0 aliphatic heterocycles. The number of nitrogens with zero attached hydrogens (tertiary/aromatic N) is 1. The van der Waals surface area contributed by atoms with Gasteiger partial charge < -0.3 is 10.0 Å². The molecule has 126 valence electrons. The lowest BCUT2D eigenvalue weighted by molar-refractivity contribution is -0.136. The number of amides is 1. The SMILES string of the molecule is Cc1c(CC(=O)O)cc(-c2ccccc2)cc1N(C)C(=O)C(C)C. The summed E-state index contributed by atoms with van der Waals surface area (Å²) in [5.74, 6) is -1.01. The lowest BCUT2D eigenvalue weighted by atomic mass is 9.95. The Bertz CT molecular complexity index is 751. The first kappa shape index (κ1) is 17.7. The zero-order valence-electron chi connectivity index (χ0n) is 14.5. The first-order valence-electron chi connectivity index (χ1n) is 7.99. The van der Waals surface area contributed by atoms with Gasteiger partial charge in [0.15, 0.2) is 0 Å². The molecule has 4 nitrogen and oxygen atoms in total. The molecule has 1 amide bonds. The number of hydrogen-bond acceptors (Lipinski definition) is 2. The molecule has 0 heterocycles. The van der Waals surface area contributed by atoms with Crippen molar-refractivity contribution in [3.8, 4) is 11.1 Å². The summed E-state index contributed by atoms with van der Waals surface area (Å²) in [5.41, 5.74) is 4.22. The lowest BCUT2D eigenvalue weighted by Gasteiger charge is -2.24. The van der Waals surface area contributed by atoms with Crippen LogP contribution in [0.25, 0.3) is 11.1 Å². The maximum atomic E-state index is 12.4. The number of hydrogen-bond donors (Lipinski definition) is 1. The summed E-state index contributed by atoms with van der Waals surface area (Å²) >= 11 is 0. The zero-order chi connectivity index (χ0) is 17.9. The van der Waals surface area contributed by atoms with Crippen molar-refractivity contribution >= 4 is 17.6 Å². The molecule has 2 rings (SSSR count). The molecule has 0 radical (unpaired) electrons. The van der Waals surface area contributed by atoms with Crippen LogP contribution >= 0.6 is 0 Å². The van der Waals surface area contributed by atoms with Gasteiger partial charge in [-0.2, -0.15) is 0 Å². The van der Waals surface area contributed by atoms with E-state index in [-0.39, 0.29) is 18.2 Å².